The summed E-state index contributed by atoms with van der Waals surface area (Å²) in [5.74, 6) is -4.96. The normalized spacial score (nSPS) is 33.8. The predicted octanol–water partition coefficient (Wildman–Crippen LogP) is 4.81. The number of fused-ring (bicyclic) bond motifs is 7. The van der Waals surface area contributed by atoms with Crippen LogP contribution in [0.1, 0.15) is 76.4 Å². The Kier molecular flexibility index (Phi) is 12.6. The van der Waals surface area contributed by atoms with E-state index in [-0.39, 0.29) is 37.8 Å². The van der Waals surface area contributed by atoms with Crippen molar-refractivity contribution in [2.24, 2.45) is 22.7 Å². The number of nitrogens with one attached hydrogen (secondary N) is 3. The van der Waals surface area contributed by atoms with Crippen LogP contribution in [0.2, 0.25) is 0 Å². The zero-order chi connectivity index (χ0) is 47.5. The van der Waals surface area contributed by atoms with Crippen molar-refractivity contribution >= 4 is 57.9 Å². The second-order valence-electron chi connectivity index (χ2n) is 18.5. The number of thioether (sulfide) groups is 1. The van der Waals surface area contributed by atoms with Gasteiger partial charge in [0.05, 0.1) is 12.2 Å². The Bertz CT molecular complexity index is 2450. The van der Waals surface area contributed by atoms with Crippen LogP contribution in [-0.4, -0.2) is 105 Å². The number of alkyl halides is 3. The first-order chi connectivity index (χ1) is 31.2. The van der Waals surface area contributed by atoms with Gasteiger partial charge in [-0.25, -0.2) is 13.2 Å². The van der Waals surface area contributed by atoms with Crippen molar-refractivity contribution in [2.45, 2.75) is 108 Å². The highest BCUT2D eigenvalue weighted by atomic mass is 32.2. The summed E-state index contributed by atoms with van der Waals surface area (Å²) in [4.78, 5) is 88.9. The molecule has 4 aliphatic carbocycles. The van der Waals surface area contributed by atoms with Gasteiger partial charge in [-0.15, -0.1) is 0 Å². The number of aliphatic hydroxyl groups is 1. The molecule has 1 saturated heterocycles. The maximum absolute atomic E-state index is 17.8. The van der Waals surface area contributed by atoms with Crippen LogP contribution in [0.15, 0.2) is 84.5 Å². The Hall–Kier alpha value is -5.43. The Morgan fingerprint density at radius 1 is 0.924 bits per heavy atom. The maximum atomic E-state index is 17.8. The molecule has 4 fully saturated rings. The first-order valence-electron chi connectivity index (χ1n) is 21.9. The number of ketones is 1. The summed E-state index contributed by atoms with van der Waals surface area (Å²) in [6.07, 6.45) is 0.262. The molecule has 2 aromatic rings. The smallest absolute Gasteiger partial charge is 0.253 e. The van der Waals surface area contributed by atoms with Crippen LogP contribution in [0, 0.1) is 22.7 Å². The van der Waals surface area contributed by atoms with E-state index in [0.717, 1.165) is 34.3 Å². The third kappa shape index (κ3) is 7.82. The lowest BCUT2D eigenvalue weighted by Crippen LogP contribution is -2.70. The van der Waals surface area contributed by atoms with Crippen molar-refractivity contribution in [1.82, 2.24) is 15.5 Å². The van der Waals surface area contributed by atoms with Crippen LogP contribution in [0.25, 0.3) is 0 Å². The number of hydrogen-bond acceptors (Lipinski definition) is 11. The highest BCUT2D eigenvalue weighted by Gasteiger charge is 2.80. The van der Waals surface area contributed by atoms with Gasteiger partial charge in [0.2, 0.25) is 22.8 Å². The molecule has 2 aromatic carbocycles. The second-order valence-corrected chi connectivity index (χ2v) is 19.4. The number of halogens is 3. The number of aliphatic hydroxyl groups excluding tert-OH is 1. The van der Waals surface area contributed by atoms with Crippen molar-refractivity contribution in [3.8, 4) is 0 Å². The molecule has 0 radical (unpaired) electrons. The van der Waals surface area contributed by atoms with Gasteiger partial charge in [-0.3, -0.25) is 38.5 Å². The van der Waals surface area contributed by atoms with E-state index in [0.29, 0.717) is 29.4 Å². The van der Waals surface area contributed by atoms with Gasteiger partial charge in [-0.2, -0.15) is 0 Å². The van der Waals surface area contributed by atoms with Crippen LogP contribution >= 0.6 is 11.8 Å². The van der Waals surface area contributed by atoms with Crippen molar-refractivity contribution < 1.29 is 61.3 Å². The molecular weight excluding hydrogens is 882 g/mol. The van der Waals surface area contributed by atoms with Gasteiger partial charge in [-0.05, 0) is 93.4 Å². The Morgan fingerprint density at radius 2 is 1.62 bits per heavy atom. The fourth-order valence-electron chi connectivity index (χ4n) is 11.3. The summed E-state index contributed by atoms with van der Waals surface area (Å²) >= 11 is 0.420. The number of carbonyl (C=O) groups excluding carboxylic acids is 7. The van der Waals surface area contributed by atoms with Crippen LogP contribution in [-0.2, 0) is 49.5 Å². The van der Waals surface area contributed by atoms with E-state index in [1.165, 1.54) is 32.9 Å². The SMILES string of the molecule is C[C@H](NC(=O)CCN1C(=O)C=CC1=O)C(=O)N[C@@H](C)C(=O)Nc1cccc(Cc2ccc([C@@H]3O[C@@H]4C[C@H]5[C@@H]6C[C@H](F)C7=CC(=O)C=C[C@]7(C)[C@@]6(F)[C@@H](O)C[C@]5(C)[C@]4(C(=O)SCF)O3)cc2)c1. The number of rotatable bonds is 13. The van der Waals surface area contributed by atoms with Crippen LogP contribution in [0.5, 0.6) is 0 Å². The van der Waals surface area contributed by atoms with Gasteiger partial charge >= 0.3 is 0 Å². The molecule has 350 valence electrons. The second kappa shape index (κ2) is 17.7. The highest BCUT2D eigenvalue weighted by molar-refractivity contribution is 8.13. The molecule has 14 nitrogen and oxygen atoms in total. The lowest BCUT2D eigenvalue weighted by Gasteiger charge is -2.63. The van der Waals surface area contributed by atoms with Crippen LogP contribution in [0.3, 0.4) is 0 Å². The highest BCUT2D eigenvalue weighted by Crippen LogP contribution is 2.73. The van der Waals surface area contributed by atoms with Gasteiger partial charge in [0, 0.05) is 53.1 Å². The molecule has 2 heterocycles. The average Bonchev–Trinajstić information content (AvgIpc) is 3.90. The minimum atomic E-state index is -2.38. The molecule has 18 heteroatoms. The largest absolute Gasteiger partial charge is 0.390 e. The molecule has 2 aliphatic heterocycles. The maximum Gasteiger partial charge on any atom is 0.253 e. The summed E-state index contributed by atoms with van der Waals surface area (Å²) in [6.45, 7) is 6.01. The molecule has 3 saturated carbocycles. The predicted molar refractivity (Wildman–Crippen MR) is 234 cm³/mol. The summed E-state index contributed by atoms with van der Waals surface area (Å²) in [7, 11) is 0. The molecule has 4 N–H and O–H groups in total. The van der Waals surface area contributed by atoms with E-state index in [4.69, 9.17) is 9.47 Å². The minimum absolute atomic E-state index is 0.0145. The van der Waals surface area contributed by atoms with E-state index in [1.807, 2.05) is 18.2 Å². The molecule has 66 heavy (non-hydrogen) atoms. The van der Waals surface area contributed by atoms with Crippen molar-refractivity contribution in [3.05, 3.63) is 101 Å². The lowest BCUT2D eigenvalue weighted by molar-refractivity contribution is -0.232. The van der Waals surface area contributed by atoms with Crippen LogP contribution < -0.4 is 16.0 Å². The fraction of sp³-hybridized carbons (Fsp3) is 0.479. The van der Waals surface area contributed by atoms with Gasteiger partial charge < -0.3 is 30.5 Å². The van der Waals surface area contributed by atoms with E-state index in [9.17, 15) is 43.1 Å². The number of nitrogens with zero attached hydrogens (tertiary/aromatic N) is 1. The third-order valence-electron chi connectivity index (χ3n) is 14.7. The first kappa shape index (κ1) is 47.1. The zero-order valence-electron chi connectivity index (χ0n) is 36.7. The lowest BCUT2D eigenvalue weighted by atomic mass is 9.44. The molecule has 0 spiro atoms. The molecule has 0 aromatic heterocycles. The number of ether oxygens (including phenoxy) is 2. The molecule has 0 unspecified atom stereocenters. The van der Waals surface area contributed by atoms with Crippen molar-refractivity contribution in [2.75, 3.05) is 17.9 Å². The number of amides is 5. The summed E-state index contributed by atoms with van der Waals surface area (Å²) in [5.41, 5.74) is -4.35. The fourth-order valence-corrected chi connectivity index (χ4v) is 12.0. The summed E-state index contributed by atoms with van der Waals surface area (Å²) < 4.78 is 60.9. The minimum Gasteiger partial charge on any atom is -0.390 e. The Labute approximate surface area is 383 Å². The Morgan fingerprint density at radius 3 is 2.32 bits per heavy atom. The topological polar surface area (TPSA) is 198 Å². The first-order valence-corrected chi connectivity index (χ1v) is 22.9. The molecule has 6 aliphatic rings. The van der Waals surface area contributed by atoms with E-state index < -0.39 is 117 Å². The number of carbonyl (C=O) groups is 7. The van der Waals surface area contributed by atoms with Gasteiger partial charge in [0.25, 0.3) is 11.8 Å². The average molecular weight is 933 g/mol. The molecule has 5 amide bonds. The standard InChI is InChI=1S/C48H51F3N4O10S/c1-25(52-38(58)15-17-55-39(59)12-13-40(55)60)41(61)53-26(2)42(62)54-30-7-5-6-28(19-30)18-27-8-10-29(11-9-27)43-64-37-22-32-33-21-35(50)34-20-31(56)14-16-45(34,3)47(33,51)36(57)23-46(32,4)48(37,65-43)44(63)66-24-49/h5-14,16,19-20,25-26,32-33,35-37,43,57H,15,17-18,21-24H2,1-4H3,(H,52,58)(H,53,61)(H,54,62)/t25-,26-,32-,33-,35-,36-,37+,43+,45-,46-,47-,48-/m0/s1. The van der Waals surface area contributed by atoms with Crippen LogP contribution in [0.4, 0.5) is 18.9 Å². The summed E-state index contributed by atoms with van der Waals surface area (Å²) in [6, 6.07) is 11.3. The third-order valence-corrected chi connectivity index (χ3v) is 15.4. The number of anilines is 1. The van der Waals surface area contributed by atoms with Crippen molar-refractivity contribution in [3.63, 3.8) is 0 Å². The van der Waals surface area contributed by atoms with E-state index in [2.05, 4.69) is 16.0 Å². The summed E-state index contributed by atoms with van der Waals surface area (Å²) in [5, 5.41) is 19.0. The quantitative estimate of drug-likeness (QED) is 0.201. The zero-order valence-corrected chi connectivity index (χ0v) is 37.5. The van der Waals surface area contributed by atoms with Gasteiger partial charge in [0.1, 0.15) is 24.3 Å². The molecule has 0 bridgehead atoms. The molecule has 12 atom stereocenters. The monoisotopic (exact) mass is 932 g/mol. The van der Waals surface area contributed by atoms with E-state index in [1.54, 1.807) is 37.3 Å². The van der Waals surface area contributed by atoms with Crippen molar-refractivity contribution in [1.29, 1.82) is 0 Å². The van der Waals surface area contributed by atoms with Gasteiger partial charge in [-0.1, -0.05) is 61.2 Å². The Balaban J connectivity index is 0.896. The number of hydrogen-bond donors (Lipinski definition) is 4. The van der Waals surface area contributed by atoms with E-state index >= 15 is 8.78 Å². The number of imide groups is 1. The molecule has 8 rings (SSSR count). The van der Waals surface area contributed by atoms with Gasteiger partial charge in [0.15, 0.2) is 23.3 Å². The number of allylic oxidation sites excluding steroid dienone is 4. The molecular formula is C48H51F3N4O10S. The number of benzene rings is 2.